The van der Waals surface area contributed by atoms with Crippen molar-refractivity contribution in [3.63, 3.8) is 0 Å². The van der Waals surface area contributed by atoms with Crippen molar-refractivity contribution in [1.82, 2.24) is 4.98 Å². The molecule has 0 saturated heterocycles. The Kier molecular flexibility index (Phi) is 4.57. The summed E-state index contributed by atoms with van der Waals surface area (Å²) in [7, 11) is 0. The number of nitrogens with one attached hydrogen (secondary N) is 1. The first kappa shape index (κ1) is 14.7. The van der Waals surface area contributed by atoms with Gasteiger partial charge in [0.15, 0.2) is 0 Å². The highest BCUT2D eigenvalue weighted by Crippen LogP contribution is 2.30. The largest absolute Gasteiger partial charge is 0.358 e. The van der Waals surface area contributed by atoms with Gasteiger partial charge in [0.05, 0.1) is 11.0 Å². The number of nitrogens with zero attached hydrogens (tertiary/aromatic N) is 2. The Morgan fingerprint density at radius 1 is 1.45 bits per heavy atom. The second-order valence-corrected chi connectivity index (χ2v) is 5.49. The number of hydrogen-bond acceptors (Lipinski definition) is 4. The van der Waals surface area contributed by atoms with Crippen molar-refractivity contribution in [3.05, 3.63) is 61.7 Å². The fourth-order valence-corrected chi connectivity index (χ4v) is 2.41. The lowest BCUT2D eigenvalue weighted by atomic mass is 10.1. The van der Waals surface area contributed by atoms with Crippen LogP contribution in [0, 0.1) is 10.1 Å². The average molecular weight is 357 g/mol. The molecule has 0 radical (unpaired) electrons. The molecule has 2 rings (SSSR count). The third-order valence-corrected chi connectivity index (χ3v) is 3.53. The van der Waals surface area contributed by atoms with Gasteiger partial charge in [-0.15, -0.1) is 0 Å². The van der Waals surface area contributed by atoms with Crippen LogP contribution in [0.25, 0.3) is 0 Å². The minimum atomic E-state index is -0.473. The van der Waals surface area contributed by atoms with E-state index in [0.29, 0.717) is 9.50 Å². The second kappa shape index (κ2) is 6.19. The molecule has 5 nitrogen and oxygen atoms in total. The van der Waals surface area contributed by atoms with Crippen LogP contribution in [0.5, 0.6) is 0 Å². The topological polar surface area (TPSA) is 68.1 Å². The summed E-state index contributed by atoms with van der Waals surface area (Å²) >= 11 is 9.28. The van der Waals surface area contributed by atoms with Crippen LogP contribution in [0.4, 0.5) is 11.5 Å². The van der Waals surface area contributed by atoms with E-state index >= 15 is 0 Å². The van der Waals surface area contributed by atoms with E-state index in [1.165, 1.54) is 12.3 Å². The minimum absolute atomic E-state index is 0.0849. The predicted octanol–water partition coefficient (Wildman–Crippen LogP) is 4.58. The number of aromatic nitrogens is 1. The van der Waals surface area contributed by atoms with Crippen LogP contribution in [0.1, 0.15) is 18.5 Å². The lowest BCUT2D eigenvalue weighted by molar-refractivity contribution is -0.384. The van der Waals surface area contributed by atoms with E-state index in [1.807, 2.05) is 25.1 Å². The van der Waals surface area contributed by atoms with Gasteiger partial charge in [0.25, 0.3) is 0 Å². The molecular weight excluding hydrogens is 346 g/mol. The molecule has 2 aromatic rings. The van der Waals surface area contributed by atoms with Crippen molar-refractivity contribution in [2.45, 2.75) is 13.0 Å². The van der Waals surface area contributed by atoms with E-state index in [2.05, 4.69) is 26.2 Å². The Morgan fingerprint density at radius 2 is 2.15 bits per heavy atom. The normalized spacial score (nSPS) is 11.9. The van der Waals surface area contributed by atoms with E-state index in [0.717, 1.165) is 5.56 Å². The molecule has 0 amide bonds. The standard InChI is InChI=1S/C13H11BrClN3O2/c1-8(10-4-2-3-5-11(10)15)17-13-12(18(19)20)6-9(14)7-16-13/h2-8H,1H3,(H,16,17). The SMILES string of the molecule is CC(Nc1ncc(Br)cc1[N+](=O)[O-])c1ccccc1Cl. The van der Waals surface area contributed by atoms with Gasteiger partial charge in [-0.2, -0.15) is 0 Å². The monoisotopic (exact) mass is 355 g/mol. The summed E-state index contributed by atoms with van der Waals surface area (Å²) in [5.74, 6) is 0.214. The Labute approximate surface area is 129 Å². The first-order chi connectivity index (χ1) is 9.49. The summed E-state index contributed by atoms with van der Waals surface area (Å²) in [6, 6.07) is 8.55. The summed E-state index contributed by atoms with van der Waals surface area (Å²) < 4.78 is 0.556. The molecule has 0 spiro atoms. The van der Waals surface area contributed by atoms with E-state index in [1.54, 1.807) is 6.07 Å². The van der Waals surface area contributed by atoms with Gasteiger partial charge < -0.3 is 5.32 Å². The van der Waals surface area contributed by atoms with Crippen LogP contribution in [0.15, 0.2) is 41.0 Å². The fraction of sp³-hybridized carbons (Fsp3) is 0.154. The van der Waals surface area contributed by atoms with Gasteiger partial charge in [-0.25, -0.2) is 4.98 Å². The molecule has 0 fully saturated rings. The highest BCUT2D eigenvalue weighted by Gasteiger charge is 2.19. The summed E-state index contributed by atoms with van der Waals surface area (Å²) in [5.41, 5.74) is 0.770. The Balaban J connectivity index is 2.31. The first-order valence-corrected chi connectivity index (χ1v) is 6.97. The lowest BCUT2D eigenvalue weighted by Gasteiger charge is -2.16. The van der Waals surface area contributed by atoms with E-state index in [4.69, 9.17) is 11.6 Å². The molecule has 1 unspecified atom stereocenters. The fourth-order valence-electron chi connectivity index (χ4n) is 1.79. The van der Waals surface area contributed by atoms with Crippen LogP contribution < -0.4 is 5.32 Å². The molecule has 1 N–H and O–H groups in total. The van der Waals surface area contributed by atoms with Gasteiger partial charge in [-0.1, -0.05) is 29.8 Å². The van der Waals surface area contributed by atoms with Crippen LogP contribution in [0.2, 0.25) is 5.02 Å². The van der Waals surface area contributed by atoms with E-state index in [9.17, 15) is 10.1 Å². The van der Waals surface area contributed by atoms with Crippen molar-refractivity contribution >= 4 is 39.0 Å². The highest BCUT2D eigenvalue weighted by molar-refractivity contribution is 9.10. The van der Waals surface area contributed by atoms with Gasteiger partial charge in [-0.05, 0) is 34.5 Å². The van der Waals surface area contributed by atoms with Crippen molar-refractivity contribution in [3.8, 4) is 0 Å². The van der Waals surface area contributed by atoms with Gasteiger partial charge in [0.1, 0.15) is 0 Å². The zero-order valence-corrected chi connectivity index (χ0v) is 12.9. The van der Waals surface area contributed by atoms with E-state index in [-0.39, 0.29) is 17.5 Å². The zero-order valence-electron chi connectivity index (χ0n) is 10.5. The molecule has 0 aliphatic carbocycles. The third-order valence-electron chi connectivity index (χ3n) is 2.76. The maximum Gasteiger partial charge on any atom is 0.312 e. The number of pyridine rings is 1. The molecule has 1 atom stereocenters. The van der Waals surface area contributed by atoms with E-state index < -0.39 is 4.92 Å². The van der Waals surface area contributed by atoms with Gasteiger partial charge in [0, 0.05) is 21.8 Å². The van der Waals surface area contributed by atoms with Crippen LogP contribution in [-0.4, -0.2) is 9.91 Å². The highest BCUT2D eigenvalue weighted by atomic mass is 79.9. The van der Waals surface area contributed by atoms with Gasteiger partial charge >= 0.3 is 5.69 Å². The third kappa shape index (κ3) is 3.26. The zero-order chi connectivity index (χ0) is 14.7. The lowest BCUT2D eigenvalue weighted by Crippen LogP contribution is -2.10. The van der Waals surface area contributed by atoms with Crippen molar-refractivity contribution < 1.29 is 4.92 Å². The summed E-state index contributed by atoms with van der Waals surface area (Å²) in [5, 5.41) is 14.7. The maximum atomic E-state index is 11.0. The summed E-state index contributed by atoms with van der Waals surface area (Å²) in [6.45, 7) is 1.87. The maximum absolute atomic E-state index is 11.0. The van der Waals surface area contributed by atoms with Crippen LogP contribution >= 0.6 is 27.5 Å². The number of rotatable bonds is 4. The number of anilines is 1. The first-order valence-electron chi connectivity index (χ1n) is 5.80. The molecule has 7 heteroatoms. The van der Waals surface area contributed by atoms with Crippen LogP contribution in [0.3, 0.4) is 0 Å². The molecule has 0 aliphatic heterocycles. The van der Waals surface area contributed by atoms with Crippen molar-refractivity contribution in [2.24, 2.45) is 0 Å². The quantitative estimate of drug-likeness (QED) is 0.643. The molecular formula is C13H11BrClN3O2. The molecule has 20 heavy (non-hydrogen) atoms. The van der Waals surface area contributed by atoms with Crippen molar-refractivity contribution in [2.75, 3.05) is 5.32 Å². The van der Waals surface area contributed by atoms with Crippen LogP contribution in [-0.2, 0) is 0 Å². The van der Waals surface area contributed by atoms with Crippen molar-refractivity contribution in [1.29, 1.82) is 0 Å². The Bertz CT molecular complexity index is 651. The summed E-state index contributed by atoms with van der Waals surface area (Å²) in [4.78, 5) is 14.6. The molecule has 0 bridgehead atoms. The Hall–Kier alpha value is -1.66. The van der Waals surface area contributed by atoms with Gasteiger partial charge in [0.2, 0.25) is 5.82 Å². The average Bonchev–Trinajstić information content (AvgIpc) is 2.41. The molecule has 1 aromatic heterocycles. The van der Waals surface area contributed by atoms with Gasteiger partial charge in [-0.3, -0.25) is 10.1 Å². The number of hydrogen-bond donors (Lipinski definition) is 1. The smallest absolute Gasteiger partial charge is 0.312 e. The second-order valence-electron chi connectivity index (χ2n) is 4.17. The molecule has 0 aliphatic rings. The number of halogens is 2. The molecule has 0 saturated carbocycles. The Morgan fingerprint density at radius 3 is 2.80 bits per heavy atom. The molecule has 1 aromatic carbocycles. The predicted molar refractivity (Wildman–Crippen MR) is 82.1 cm³/mol. The number of nitro groups is 1. The summed E-state index contributed by atoms with van der Waals surface area (Å²) in [6.07, 6.45) is 1.51. The minimum Gasteiger partial charge on any atom is -0.358 e. The molecule has 104 valence electrons. The molecule has 1 heterocycles. The number of benzene rings is 1.